The Morgan fingerprint density at radius 2 is 2.03 bits per heavy atom. The molecule has 0 spiro atoms. The van der Waals surface area contributed by atoms with Gasteiger partial charge in [-0.1, -0.05) is 6.07 Å². The van der Waals surface area contributed by atoms with Gasteiger partial charge in [-0.3, -0.25) is 0 Å². The molecule has 2 N–H and O–H groups in total. The van der Waals surface area contributed by atoms with Crippen LogP contribution in [0, 0.1) is 11.7 Å². The minimum atomic E-state index is -4.92. The van der Waals surface area contributed by atoms with E-state index in [9.17, 15) is 27.5 Å². The van der Waals surface area contributed by atoms with Crippen LogP contribution in [0.15, 0.2) is 36.8 Å². The van der Waals surface area contributed by atoms with E-state index in [-0.39, 0.29) is 42.7 Å². The zero-order valence-corrected chi connectivity index (χ0v) is 18.2. The van der Waals surface area contributed by atoms with Crippen LogP contribution in [0.3, 0.4) is 0 Å². The van der Waals surface area contributed by atoms with E-state index < -0.39 is 17.9 Å². The number of nitrogens with one attached hydrogen (secondary N) is 1. The van der Waals surface area contributed by atoms with Gasteiger partial charge in [0.25, 0.3) is 0 Å². The van der Waals surface area contributed by atoms with Gasteiger partial charge in [0, 0.05) is 56.0 Å². The van der Waals surface area contributed by atoms with Crippen molar-refractivity contribution in [3.8, 4) is 5.75 Å². The summed E-state index contributed by atoms with van der Waals surface area (Å²) < 4.78 is 55.0. The van der Waals surface area contributed by atoms with E-state index in [1.807, 2.05) is 4.90 Å². The predicted octanol–water partition coefficient (Wildman–Crippen LogP) is 3.08. The second kappa shape index (κ2) is 10.00. The zero-order chi connectivity index (χ0) is 24.3. The van der Waals surface area contributed by atoms with Gasteiger partial charge in [-0.25, -0.2) is 19.2 Å². The lowest BCUT2D eigenvalue weighted by Gasteiger charge is -2.43. The van der Waals surface area contributed by atoms with E-state index in [1.165, 1.54) is 6.33 Å². The molecular weight excluding hydrogens is 458 g/mol. The van der Waals surface area contributed by atoms with Crippen molar-refractivity contribution < 1.29 is 32.2 Å². The Morgan fingerprint density at radius 3 is 2.65 bits per heavy atom. The smallest absolute Gasteiger partial charge is 0.406 e. The number of carbonyl (C=O) groups excluding carboxylic acids is 1. The Kier molecular flexibility index (Phi) is 7.05. The number of urea groups is 1. The number of piperidine rings is 1. The summed E-state index contributed by atoms with van der Waals surface area (Å²) >= 11 is 0. The largest absolute Gasteiger partial charge is 0.573 e. The third-order valence-corrected chi connectivity index (χ3v) is 5.92. The number of rotatable bonds is 7. The van der Waals surface area contributed by atoms with E-state index >= 15 is 0 Å². The molecule has 2 unspecified atom stereocenters. The van der Waals surface area contributed by atoms with E-state index in [2.05, 4.69) is 20.0 Å². The number of ether oxygens (including phenoxy) is 1. The van der Waals surface area contributed by atoms with Crippen molar-refractivity contribution in [2.75, 3.05) is 24.6 Å². The van der Waals surface area contributed by atoms with Crippen LogP contribution >= 0.6 is 0 Å². The molecule has 4 rings (SSSR count). The number of carbonyl (C=O) groups is 1. The number of aromatic nitrogens is 2. The summed E-state index contributed by atoms with van der Waals surface area (Å²) in [5.74, 6) is -0.923. The first-order chi connectivity index (χ1) is 16.2. The molecule has 184 valence electrons. The van der Waals surface area contributed by atoms with E-state index in [0.717, 1.165) is 25.0 Å². The summed E-state index contributed by atoms with van der Waals surface area (Å²) in [6.45, 7) is 0.901. The fraction of sp³-hybridized carbons (Fsp3) is 0.500. The number of benzene rings is 1. The van der Waals surface area contributed by atoms with Crippen molar-refractivity contribution in [3.63, 3.8) is 0 Å². The van der Waals surface area contributed by atoms with Crippen LogP contribution in [-0.2, 0) is 6.54 Å². The molecule has 1 aliphatic carbocycles. The third-order valence-electron chi connectivity index (χ3n) is 5.92. The minimum Gasteiger partial charge on any atom is -0.406 e. The number of hydrogen-bond donors (Lipinski definition) is 2. The van der Waals surface area contributed by atoms with Crippen molar-refractivity contribution in [2.24, 2.45) is 5.92 Å². The number of amides is 2. The molecule has 2 aliphatic rings. The van der Waals surface area contributed by atoms with Crippen molar-refractivity contribution in [1.29, 1.82) is 0 Å². The second-order valence-corrected chi connectivity index (χ2v) is 8.51. The highest BCUT2D eigenvalue weighted by Gasteiger charge is 2.41. The van der Waals surface area contributed by atoms with Crippen LogP contribution in [0.4, 0.5) is 28.2 Å². The molecule has 2 amide bonds. The first-order valence-electron chi connectivity index (χ1n) is 11.0. The number of alkyl halides is 3. The highest BCUT2D eigenvalue weighted by molar-refractivity contribution is 5.75. The lowest BCUT2D eigenvalue weighted by Crippen LogP contribution is -2.56. The maximum Gasteiger partial charge on any atom is 0.573 e. The molecule has 2 fully saturated rings. The molecular formula is C22H25F4N5O3. The number of halogens is 4. The minimum absolute atomic E-state index is 0.0320. The molecule has 0 bridgehead atoms. The normalized spacial score (nSPS) is 20.7. The lowest BCUT2D eigenvalue weighted by molar-refractivity contribution is -0.274. The monoisotopic (exact) mass is 483 g/mol. The Bertz CT molecular complexity index is 990. The number of anilines is 1. The molecule has 12 heteroatoms. The molecule has 1 saturated heterocycles. The maximum absolute atomic E-state index is 14.3. The molecule has 2 heterocycles. The summed E-state index contributed by atoms with van der Waals surface area (Å²) in [6, 6.07) is 4.03. The average molecular weight is 483 g/mol. The van der Waals surface area contributed by atoms with Crippen LogP contribution < -0.4 is 15.0 Å². The third kappa shape index (κ3) is 6.04. The molecule has 0 radical (unpaired) electrons. The number of aliphatic hydroxyl groups is 1. The fourth-order valence-electron chi connectivity index (χ4n) is 4.28. The Balaban J connectivity index is 1.43. The summed E-state index contributed by atoms with van der Waals surface area (Å²) in [7, 11) is 0. The van der Waals surface area contributed by atoms with Crippen molar-refractivity contribution in [1.82, 2.24) is 20.2 Å². The topological polar surface area (TPSA) is 90.8 Å². The first-order valence-corrected chi connectivity index (χ1v) is 11.0. The lowest BCUT2D eigenvalue weighted by atomic mass is 9.93. The predicted molar refractivity (Wildman–Crippen MR) is 113 cm³/mol. The van der Waals surface area contributed by atoms with Gasteiger partial charge in [0.15, 0.2) is 0 Å². The van der Waals surface area contributed by atoms with Crippen LogP contribution in [0.1, 0.15) is 24.8 Å². The van der Waals surface area contributed by atoms with Crippen LogP contribution in [-0.4, -0.2) is 64.1 Å². The molecule has 1 saturated carbocycles. The Hall–Kier alpha value is -3.15. The molecule has 1 aliphatic heterocycles. The summed E-state index contributed by atoms with van der Waals surface area (Å²) in [4.78, 5) is 25.1. The number of hydrogen-bond acceptors (Lipinski definition) is 6. The van der Waals surface area contributed by atoms with E-state index in [1.54, 1.807) is 17.2 Å². The second-order valence-electron chi connectivity index (χ2n) is 8.51. The zero-order valence-electron chi connectivity index (χ0n) is 18.2. The van der Waals surface area contributed by atoms with Crippen molar-refractivity contribution in [2.45, 2.75) is 44.3 Å². The molecule has 8 nitrogen and oxygen atoms in total. The van der Waals surface area contributed by atoms with Crippen LogP contribution in [0.5, 0.6) is 5.75 Å². The van der Waals surface area contributed by atoms with Crippen LogP contribution in [0.25, 0.3) is 0 Å². The van der Waals surface area contributed by atoms with Gasteiger partial charge >= 0.3 is 12.4 Å². The summed E-state index contributed by atoms with van der Waals surface area (Å²) in [5.41, 5.74) is 0.0399. The van der Waals surface area contributed by atoms with Gasteiger partial charge < -0.3 is 25.0 Å². The summed E-state index contributed by atoms with van der Waals surface area (Å²) in [6.07, 6.45) is 0.458. The van der Waals surface area contributed by atoms with Gasteiger partial charge in [0.2, 0.25) is 0 Å². The van der Waals surface area contributed by atoms with E-state index in [0.29, 0.717) is 31.4 Å². The van der Waals surface area contributed by atoms with Crippen molar-refractivity contribution >= 4 is 11.8 Å². The standard InChI is InChI=1S/C22H25F4N5O3/c23-19-8-18(34-22(24,25)26)4-1-15(19)9-28-21(33)31(16-2-3-16)17-7-14(12-32)10-30(11-17)20-5-6-27-13-29-20/h1,4-6,8,13-14,16-17,32H,2-3,7,9-12H2,(H,28,33). The fourth-order valence-corrected chi connectivity index (χ4v) is 4.28. The number of nitrogens with zero attached hydrogens (tertiary/aromatic N) is 4. The molecule has 2 aromatic rings. The van der Waals surface area contributed by atoms with Gasteiger partial charge in [-0.15, -0.1) is 13.2 Å². The first kappa shape index (κ1) is 24.0. The SMILES string of the molecule is O=C(NCc1ccc(OC(F)(F)F)cc1F)N(C1CC1)C1CC(CO)CN(c2ccncn2)C1. The average Bonchev–Trinajstić information content (AvgIpc) is 3.63. The summed E-state index contributed by atoms with van der Waals surface area (Å²) in [5, 5.41) is 12.5. The molecule has 1 aromatic carbocycles. The van der Waals surface area contributed by atoms with Crippen molar-refractivity contribution in [3.05, 3.63) is 48.2 Å². The van der Waals surface area contributed by atoms with Gasteiger partial charge in [-0.05, 0) is 31.4 Å². The highest BCUT2D eigenvalue weighted by Crippen LogP contribution is 2.33. The van der Waals surface area contributed by atoms with E-state index in [4.69, 9.17) is 0 Å². The highest BCUT2D eigenvalue weighted by atomic mass is 19.4. The van der Waals surface area contributed by atoms with Gasteiger partial charge in [-0.2, -0.15) is 0 Å². The maximum atomic E-state index is 14.3. The number of aliphatic hydroxyl groups excluding tert-OH is 1. The molecule has 2 atom stereocenters. The van der Waals surface area contributed by atoms with Gasteiger partial charge in [0.1, 0.15) is 23.7 Å². The Morgan fingerprint density at radius 1 is 1.24 bits per heavy atom. The van der Waals surface area contributed by atoms with Crippen LogP contribution in [0.2, 0.25) is 0 Å². The van der Waals surface area contributed by atoms with Gasteiger partial charge in [0.05, 0.1) is 6.04 Å². The quantitative estimate of drug-likeness (QED) is 0.589. The molecule has 1 aromatic heterocycles. The molecule has 34 heavy (non-hydrogen) atoms. The Labute approximate surface area is 193 Å².